The summed E-state index contributed by atoms with van der Waals surface area (Å²) in [6, 6.07) is 0. The lowest BCUT2D eigenvalue weighted by atomic mass is 10.1. The van der Waals surface area contributed by atoms with Crippen LogP contribution in [0.3, 0.4) is 0 Å². The predicted molar refractivity (Wildman–Crippen MR) is 436 cm³/mol. The van der Waals surface area contributed by atoms with Crippen LogP contribution in [0.1, 0.15) is 323 Å². The van der Waals surface area contributed by atoms with Crippen LogP contribution >= 0.6 is 15.6 Å². The van der Waals surface area contributed by atoms with Crippen LogP contribution in [-0.4, -0.2) is 96.7 Å². The van der Waals surface area contributed by atoms with E-state index < -0.39 is 97.5 Å². The van der Waals surface area contributed by atoms with Gasteiger partial charge in [0.05, 0.1) is 26.4 Å². The van der Waals surface area contributed by atoms with Crippen molar-refractivity contribution in [2.24, 2.45) is 0 Å². The first-order valence-electron chi connectivity index (χ1n) is 41.1. The van der Waals surface area contributed by atoms with Gasteiger partial charge >= 0.3 is 39.5 Å². The summed E-state index contributed by atoms with van der Waals surface area (Å²) in [7, 11) is -9.99. The Balaban J connectivity index is 5.43. The zero-order valence-electron chi connectivity index (χ0n) is 66.3. The molecule has 0 rings (SSSR count). The van der Waals surface area contributed by atoms with Crippen molar-refractivity contribution in [1.29, 1.82) is 0 Å². The van der Waals surface area contributed by atoms with Gasteiger partial charge in [-0.25, -0.2) is 9.13 Å². The molecule has 0 aromatic heterocycles. The first kappa shape index (κ1) is 101. The van der Waals surface area contributed by atoms with Gasteiger partial charge < -0.3 is 33.8 Å². The molecule has 0 spiro atoms. The Hall–Kier alpha value is -5.06. The van der Waals surface area contributed by atoms with Gasteiger partial charge in [0.2, 0.25) is 0 Å². The third-order valence-corrected chi connectivity index (χ3v) is 18.7. The fraction of sp³-hybridized carbons (Fsp3) is 0.678. The smallest absolute Gasteiger partial charge is 0.462 e. The molecule has 0 aliphatic heterocycles. The van der Waals surface area contributed by atoms with E-state index in [4.69, 9.17) is 37.0 Å². The van der Waals surface area contributed by atoms with Crippen molar-refractivity contribution in [3.8, 4) is 0 Å². The van der Waals surface area contributed by atoms with Gasteiger partial charge in [-0.2, -0.15) is 0 Å². The van der Waals surface area contributed by atoms with E-state index in [1.54, 1.807) is 0 Å². The molecule has 606 valence electrons. The third-order valence-electron chi connectivity index (χ3n) is 16.8. The Morgan fingerprint density at radius 3 is 0.821 bits per heavy atom. The molecule has 0 saturated heterocycles. The molecule has 0 heterocycles. The average molecular weight is 1530 g/mol. The van der Waals surface area contributed by atoms with Crippen molar-refractivity contribution >= 4 is 39.5 Å². The highest BCUT2D eigenvalue weighted by Gasteiger charge is 2.30. The Bertz CT molecular complexity index is 2580. The van der Waals surface area contributed by atoms with E-state index >= 15 is 0 Å². The lowest BCUT2D eigenvalue weighted by molar-refractivity contribution is -0.161. The molecule has 17 nitrogen and oxygen atoms in total. The molecule has 0 aliphatic rings. The van der Waals surface area contributed by atoms with Gasteiger partial charge in [0.1, 0.15) is 19.3 Å². The maximum atomic E-state index is 13.1. The van der Waals surface area contributed by atoms with Crippen molar-refractivity contribution in [3.05, 3.63) is 146 Å². The second kappa shape index (κ2) is 78.1. The quantitative estimate of drug-likeness (QED) is 0.0169. The zero-order valence-corrected chi connectivity index (χ0v) is 68.1. The maximum absolute atomic E-state index is 13.1. The number of aliphatic hydroxyl groups is 1. The number of ether oxygens (including phenoxy) is 4. The Kier molecular flexibility index (Phi) is 74.3. The summed E-state index contributed by atoms with van der Waals surface area (Å²) in [5.74, 6) is -2.28. The van der Waals surface area contributed by atoms with E-state index in [1.807, 2.05) is 12.2 Å². The highest BCUT2D eigenvalue weighted by Crippen LogP contribution is 2.45. The largest absolute Gasteiger partial charge is 0.472 e. The standard InChI is InChI=1S/C87H146O17P2/c1-5-9-13-17-21-25-29-33-36-39-40-43-45-49-52-56-60-64-68-72-85(90)98-78-83(104-87(92)74-70-66-62-58-54-50-46-42-38-35-31-27-23-19-15-11-7-3)80-102-106(95,96)100-76-81(88)75-99-105(93,94)101-79-82(103-86(91)73-69-65-61-57-53-47-32-28-24-20-16-12-8-4)77-97-84(89)71-67-63-59-55-51-48-44-41-37-34-30-26-22-18-14-10-6-2/h10-11,14-15,21-23,25-28,32-38,40,43-44,48,55,59,81-83,88H,5-9,12-13,16-20,24,29-31,39,41-42,45-47,49-54,56-58,60-80H2,1-4H3,(H,93,94)(H,95,96)/b14-10-,15-11-,25-21-,26-22-,27-23-,32-28-,36-33-,37-34-,38-35-,43-40-,48-44-,59-55-. The van der Waals surface area contributed by atoms with Crippen LogP contribution in [-0.2, 0) is 65.4 Å². The summed E-state index contributed by atoms with van der Waals surface area (Å²) in [5, 5.41) is 10.7. The molecule has 19 heteroatoms. The van der Waals surface area contributed by atoms with E-state index in [0.29, 0.717) is 32.1 Å². The molecule has 3 N–H and O–H groups in total. The molecule has 0 aromatic carbocycles. The van der Waals surface area contributed by atoms with Crippen molar-refractivity contribution in [2.45, 2.75) is 341 Å². The lowest BCUT2D eigenvalue weighted by Crippen LogP contribution is -2.30. The van der Waals surface area contributed by atoms with E-state index in [9.17, 15) is 43.2 Å². The van der Waals surface area contributed by atoms with Crippen molar-refractivity contribution < 1.29 is 80.2 Å². The molecule has 0 bridgehead atoms. The lowest BCUT2D eigenvalue weighted by Gasteiger charge is -2.21. The van der Waals surface area contributed by atoms with Crippen LogP contribution in [0.15, 0.2) is 146 Å². The number of phosphoric acid groups is 2. The summed E-state index contributed by atoms with van der Waals surface area (Å²) in [6.07, 6.45) is 89.6. The number of carbonyl (C=O) groups excluding carboxylic acids is 4. The number of aliphatic hydroxyl groups excluding tert-OH is 1. The molecule has 0 amide bonds. The van der Waals surface area contributed by atoms with Gasteiger partial charge in [-0.05, 0) is 161 Å². The molecule has 106 heavy (non-hydrogen) atoms. The molecule has 0 fully saturated rings. The molecule has 0 radical (unpaired) electrons. The molecule has 0 aromatic rings. The highest BCUT2D eigenvalue weighted by molar-refractivity contribution is 7.47. The SMILES string of the molecule is CC/C=C\C/C=C\C/C=C\C/C=C\C/C=C\CCCC(=O)OCC(COP(=O)(O)OCC(O)COP(=O)(O)OCC(COC(=O)CCCCCCCC/C=C\C/C=C\C/C=C\CCCCC)OC(=O)CCCCCCCCC/C=C\C/C=C\C/C=C\CC)OC(=O)CCCCCCC/C=C\CCCCCC. The number of hydrogen-bond donors (Lipinski definition) is 3. The molecule has 0 saturated carbocycles. The summed E-state index contributed by atoms with van der Waals surface area (Å²) in [6.45, 7) is 4.52. The minimum Gasteiger partial charge on any atom is -0.462 e. The molecule has 5 unspecified atom stereocenters. The second-order valence-electron chi connectivity index (χ2n) is 26.9. The van der Waals surface area contributed by atoms with Crippen LogP contribution < -0.4 is 0 Å². The van der Waals surface area contributed by atoms with E-state index in [-0.39, 0.29) is 25.7 Å². The predicted octanol–water partition coefficient (Wildman–Crippen LogP) is 24.2. The number of unbranched alkanes of at least 4 members (excludes halogenated alkanes) is 26. The number of allylic oxidation sites excluding steroid dienone is 24. The fourth-order valence-corrected chi connectivity index (χ4v) is 12.1. The van der Waals surface area contributed by atoms with Crippen LogP contribution in [0.5, 0.6) is 0 Å². The van der Waals surface area contributed by atoms with Crippen LogP contribution in [0.25, 0.3) is 0 Å². The number of rotatable bonds is 76. The minimum absolute atomic E-state index is 0.0691. The minimum atomic E-state index is -5.00. The number of phosphoric ester groups is 2. The fourth-order valence-electron chi connectivity index (χ4n) is 10.6. The molecule has 0 aliphatic carbocycles. The van der Waals surface area contributed by atoms with Crippen molar-refractivity contribution in [1.82, 2.24) is 0 Å². The zero-order chi connectivity index (χ0) is 77.4. The summed E-state index contributed by atoms with van der Waals surface area (Å²) in [4.78, 5) is 73.1. The first-order chi connectivity index (χ1) is 51.7. The van der Waals surface area contributed by atoms with E-state index in [2.05, 4.69) is 161 Å². The highest BCUT2D eigenvalue weighted by atomic mass is 31.2. The van der Waals surface area contributed by atoms with Crippen LogP contribution in [0, 0.1) is 0 Å². The normalized spacial score (nSPS) is 14.6. The number of hydrogen-bond acceptors (Lipinski definition) is 15. The topological polar surface area (TPSA) is 237 Å². The average Bonchev–Trinajstić information content (AvgIpc) is 0.937. The van der Waals surface area contributed by atoms with E-state index in [0.717, 1.165) is 193 Å². The Morgan fingerprint density at radius 1 is 0.274 bits per heavy atom. The Morgan fingerprint density at radius 2 is 0.500 bits per heavy atom. The van der Waals surface area contributed by atoms with Crippen LogP contribution in [0.4, 0.5) is 0 Å². The van der Waals surface area contributed by atoms with Crippen LogP contribution in [0.2, 0.25) is 0 Å². The number of carbonyl (C=O) groups is 4. The summed E-state index contributed by atoms with van der Waals surface area (Å²) >= 11 is 0. The van der Waals surface area contributed by atoms with Gasteiger partial charge in [-0.15, -0.1) is 0 Å². The van der Waals surface area contributed by atoms with Crippen molar-refractivity contribution in [3.63, 3.8) is 0 Å². The van der Waals surface area contributed by atoms with E-state index in [1.165, 1.54) is 44.9 Å². The summed E-state index contributed by atoms with van der Waals surface area (Å²) in [5.41, 5.74) is 0. The van der Waals surface area contributed by atoms with Gasteiger partial charge in [0.25, 0.3) is 0 Å². The molecular formula is C87H146O17P2. The Labute approximate surface area is 643 Å². The summed E-state index contributed by atoms with van der Waals surface area (Å²) < 4.78 is 68.6. The third kappa shape index (κ3) is 77.1. The van der Waals surface area contributed by atoms with Gasteiger partial charge in [-0.1, -0.05) is 283 Å². The first-order valence-corrected chi connectivity index (χ1v) is 44.1. The maximum Gasteiger partial charge on any atom is 0.472 e. The monoisotopic (exact) mass is 1530 g/mol. The molecule has 5 atom stereocenters. The van der Waals surface area contributed by atoms with Gasteiger partial charge in [0, 0.05) is 25.7 Å². The number of esters is 4. The molecular weight excluding hydrogens is 1380 g/mol. The van der Waals surface area contributed by atoms with Gasteiger partial charge in [0.15, 0.2) is 12.2 Å². The van der Waals surface area contributed by atoms with Gasteiger partial charge in [-0.3, -0.25) is 37.3 Å². The van der Waals surface area contributed by atoms with Crippen molar-refractivity contribution in [2.75, 3.05) is 39.6 Å². The second-order valence-corrected chi connectivity index (χ2v) is 29.8.